The Hall–Kier alpha value is -2.41. The molecule has 0 aliphatic carbocycles. The van der Waals surface area contributed by atoms with Gasteiger partial charge in [-0.2, -0.15) is 0 Å². The van der Waals surface area contributed by atoms with Crippen LogP contribution < -0.4 is 0 Å². The van der Waals surface area contributed by atoms with Crippen LogP contribution in [-0.2, 0) is 9.53 Å². The number of nitrogens with one attached hydrogen (secondary N) is 1. The van der Waals surface area contributed by atoms with E-state index in [-0.39, 0.29) is 12.5 Å². The Morgan fingerprint density at radius 2 is 2.23 bits per heavy atom. The zero-order valence-corrected chi connectivity index (χ0v) is 15.2. The second-order valence-electron chi connectivity index (χ2n) is 7.07. The molecule has 1 aliphatic heterocycles. The molecule has 1 aliphatic rings. The maximum Gasteiger partial charge on any atom is 0.311 e. The second-order valence-corrected chi connectivity index (χ2v) is 7.07. The fraction of sp³-hybridized carbons (Fsp3) is 0.526. The van der Waals surface area contributed by atoms with Crippen molar-refractivity contribution in [3.8, 4) is 0 Å². The van der Waals surface area contributed by atoms with Crippen molar-refractivity contribution in [2.24, 2.45) is 5.41 Å². The van der Waals surface area contributed by atoms with E-state index in [1.807, 2.05) is 13.0 Å². The first kappa shape index (κ1) is 18.4. The first-order chi connectivity index (χ1) is 12.4. The number of aromatic amines is 1. The summed E-state index contributed by atoms with van der Waals surface area (Å²) in [6.45, 7) is 3.22. The van der Waals surface area contributed by atoms with Gasteiger partial charge in [-0.3, -0.25) is 9.59 Å². The number of benzene rings is 1. The maximum atomic E-state index is 13.0. The summed E-state index contributed by atoms with van der Waals surface area (Å²) in [5.74, 6) is -0.160. The Labute approximate surface area is 152 Å². The molecule has 140 valence electrons. The highest BCUT2D eigenvalue weighted by Crippen LogP contribution is 2.35. The molecule has 7 heteroatoms. The number of hydrogen-bond acceptors (Lipinski definition) is 4. The number of likely N-dealkylation sites (tertiary alicyclic amines) is 1. The van der Waals surface area contributed by atoms with E-state index in [0.717, 1.165) is 16.9 Å². The van der Waals surface area contributed by atoms with Gasteiger partial charge in [0.25, 0.3) is 5.91 Å². The van der Waals surface area contributed by atoms with E-state index in [2.05, 4.69) is 9.97 Å². The van der Waals surface area contributed by atoms with Crippen LogP contribution in [0, 0.1) is 12.3 Å². The van der Waals surface area contributed by atoms with Gasteiger partial charge >= 0.3 is 5.97 Å². The monoisotopic (exact) mass is 359 g/mol. The van der Waals surface area contributed by atoms with Crippen molar-refractivity contribution < 1.29 is 19.4 Å². The molecule has 1 aromatic heterocycles. The number of nitrogens with zero attached hydrogens (tertiary/aromatic N) is 2. The molecule has 7 nitrogen and oxygen atoms in total. The number of methoxy groups -OCH3 is 1. The third-order valence-corrected chi connectivity index (χ3v) is 5.17. The lowest BCUT2D eigenvalue weighted by atomic mass is 9.76. The second kappa shape index (κ2) is 7.45. The molecular weight excluding hydrogens is 334 g/mol. The third kappa shape index (κ3) is 3.58. The Morgan fingerprint density at radius 3 is 2.96 bits per heavy atom. The van der Waals surface area contributed by atoms with E-state index >= 15 is 0 Å². The third-order valence-electron chi connectivity index (χ3n) is 5.17. The SMILES string of the molecule is COCCCC1(C(=O)O)CCCN(C(=O)c2ccc3nc(C)[nH]c3c2)C1. The first-order valence-electron chi connectivity index (χ1n) is 8.93. The highest BCUT2D eigenvalue weighted by molar-refractivity contribution is 5.97. The molecular formula is C19H25N3O4. The minimum absolute atomic E-state index is 0.129. The lowest BCUT2D eigenvalue weighted by molar-refractivity contribution is -0.152. The number of imidazole rings is 1. The fourth-order valence-corrected chi connectivity index (χ4v) is 3.80. The highest BCUT2D eigenvalue weighted by Gasteiger charge is 2.43. The Morgan fingerprint density at radius 1 is 1.42 bits per heavy atom. The number of fused-ring (bicyclic) bond motifs is 1. The topological polar surface area (TPSA) is 95.5 Å². The number of hydrogen-bond donors (Lipinski definition) is 2. The van der Waals surface area contributed by atoms with E-state index in [4.69, 9.17) is 4.74 Å². The van der Waals surface area contributed by atoms with Gasteiger partial charge in [0.1, 0.15) is 5.82 Å². The van der Waals surface area contributed by atoms with E-state index in [1.165, 1.54) is 0 Å². The van der Waals surface area contributed by atoms with Crippen molar-refractivity contribution in [3.05, 3.63) is 29.6 Å². The number of aliphatic carboxylic acids is 1. The first-order valence-corrected chi connectivity index (χ1v) is 8.93. The number of carbonyl (C=O) groups excluding carboxylic acids is 1. The lowest BCUT2D eigenvalue weighted by Gasteiger charge is -2.40. The van der Waals surface area contributed by atoms with Crippen LogP contribution in [0.25, 0.3) is 11.0 Å². The van der Waals surface area contributed by atoms with Gasteiger partial charge < -0.3 is 19.7 Å². The predicted molar refractivity (Wildman–Crippen MR) is 97.1 cm³/mol. The quantitative estimate of drug-likeness (QED) is 0.773. The molecule has 0 bridgehead atoms. The zero-order valence-electron chi connectivity index (χ0n) is 15.2. The molecule has 2 heterocycles. The van der Waals surface area contributed by atoms with Gasteiger partial charge in [-0.05, 0) is 50.8 Å². The molecule has 1 unspecified atom stereocenters. The van der Waals surface area contributed by atoms with Crippen molar-refractivity contribution in [1.29, 1.82) is 0 Å². The van der Waals surface area contributed by atoms with Gasteiger partial charge in [0.15, 0.2) is 0 Å². The van der Waals surface area contributed by atoms with Crippen LogP contribution >= 0.6 is 0 Å². The van der Waals surface area contributed by atoms with E-state index < -0.39 is 11.4 Å². The summed E-state index contributed by atoms with van der Waals surface area (Å²) in [6, 6.07) is 5.37. The van der Waals surface area contributed by atoms with Crippen molar-refractivity contribution in [2.45, 2.75) is 32.6 Å². The largest absolute Gasteiger partial charge is 0.481 e. The highest BCUT2D eigenvalue weighted by atomic mass is 16.5. The van der Waals surface area contributed by atoms with E-state index in [1.54, 1.807) is 24.1 Å². The average molecular weight is 359 g/mol. The van der Waals surface area contributed by atoms with Crippen LogP contribution in [-0.4, -0.2) is 58.7 Å². The van der Waals surface area contributed by atoms with Gasteiger partial charge in [-0.1, -0.05) is 0 Å². The number of carboxylic acid groups (broad SMARTS) is 1. The number of aromatic nitrogens is 2. The maximum absolute atomic E-state index is 13.0. The average Bonchev–Trinajstić information content (AvgIpc) is 3.00. The van der Waals surface area contributed by atoms with Crippen LogP contribution in [0.5, 0.6) is 0 Å². The molecule has 2 N–H and O–H groups in total. The van der Waals surface area contributed by atoms with Crippen LogP contribution in [0.15, 0.2) is 18.2 Å². The summed E-state index contributed by atoms with van der Waals surface area (Å²) in [5, 5.41) is 9.81. The van der Waals surface area contributed by atoms with Gasteiger partial charge in [-0.25, -0.2) is 4.98 Å². The van der Waals surface area contributed by atoms with Gasteiger partial charge in [-0.15, -0.1) is 0 Å². The van der Waals surface area contributed by atoms with Crippen molar-refractivity contribution in [1.82, 2.24) is 14.9 Å². The van der Waals surface area contributed by atoms with Crippen LogP contribution in [0.2, 0.25) is 0 Å². The minimum Gasteiger partial charge on any atom is -0.481 e. The lowest BCUT2D eigenvalue weighted by Crippen LogP contribution is -2.50. The number of piperidine rings is 1. The zero-order chi connectivity index (χ0) is 18.7. The molecule has 2 aromatic rings. The fourth-order valence-electron chi connectivity index (χ4n) is 3.80. The molecule has 3 rings (SSSR count). The van der Waals surface area contributed by atoms with Crippen LogP contribution in [0.3, 0.4) is 0 Å². The van der Waals surface area contributed by atoms with Crippen molar-refractivity contribution in [3.63, 3.8) is 0 Å². The van der Waals surface area contributed by atoms with E-state index in [0.29, 0.717) is 44.4 Å². The molecule has 1 aromatic carbocycles. The number of carboxylic acids is 1. The summed E-state index contributed by atoms with van der Waals surface area (Å²) in [5.41, 5.74) is 1.30. The molecule has 1 saturated heterocycles. The molecule has 1 fully saturated rings. The van der Waals surface area contributed by atoms with Gasteiger partial charge in [0.05, 0.1) is 16.4 Å². The number of amides is 1. The van der Waals surface area contributed by atoms with Crippen LogP contribution in [0.1, 0.15) is 41.9 Å². The summed E-state index contributed by atoms with van der Waals surface area (Å²) in [7, 11) is 1.61. The Balaban J connectivity index is 1.80. The molecule has 1 atom stereocenters. The number of H-pyrrole nitrogens is 1. The summed E-state index contributed by atoms with van der Waals surface area (Å²) in [6.07, 6.45) is 2.47. The summed E-state index contributed by atoms with van der Waals surface area (Å²) in [4.78, 5) is 34.1. The van der Waals surface area contributed by atoms with Crippen molar-refractivity contribution >= 4 is 22.9 Å². The normalized spacial score (nSPS) is 20.5. The standard InChI is InChI=1S/C19H25N3O4/c1-13-20-15-6-5-14(11-16(15)21-13)17(23)22-9-3-7-19(12-22,18(24)25)8-4-10-26-2/h5-6,11H,3-4,7-10,12H2,1-2H3,(H,20,21)(H,24,25). The molecule has 0 saturated carbocycles. The summed E-state index contributed by atoms with van der Waals surface area (Å²) >= 11 is 0. The minimum atomic E-state index is -0.888. The molecule has 1 amide bonds. The number of ether oxygens (including phenoxy) is 1. The van der Waals surface area contributed by atoms with Crippen molar-refractivity contribution in [2.75, 3.05) is 26.8 Å². The molecule has 26 heavy (non-hydrogen) atoms. The number of aryl methyl sites for hydroxylation is 1. The molecule has 0 spiro atoms. The Bertz CT molecular complexity index is 816. The number of carbonyl (C=O) groups is 2. The smallest absolute Gasteiger partial charge is 0.311 e. The van der Waals surface area contributed by atoms with Gasteiger partial charge in [0.2, 0.25) is 0 Å². The van der Waals surface area contributed by atoms with E-state index in [9.17, 15) is 14.7 Å². The predicted octanol–water partition coefficient (Wildman–Crippen LogP) is 2.60. The Kier molecular flexibility index (Phi) is 5.27. The van der Waals surface area contributed by atoms with Crippen LogP contribution in [0.4, 0.5) is 0 Å². The number of rotatable bonds is 6. The molecule has 0 radical (unpaired) electrons. The summed E-state index contributed by atoms with van der Waals surface area (Å²) < 4.78 is 5.06. The van der Waals surface area contributed by atoms with Gasteiger partial charge in [0, 0.05) is 32.4 Å².